The number of nitrogens with one attached hydrogen (secondary N) is 1. The first-order valence-electron chi connectivity index (χ1n) is 12.0. The molecule has 0 spiro atoms. The van der Waals surface area contributed by atoms with Gasteiger partial charge in [-0.25, -0.2) is 0 Å². The van der Waals surface area contributed by atoms with Crippen LogP contribution in [0.4, 0.5) is 0 Å². The van der Waals surface area contributed by atoms with Crippen molar-refractivity contribution in [2.75, 3.05) is 13.7 Å². The summed E-state index contributed by atoms with van der Waals surface area (Å²) < 4.78 is 42.9. The lowest BCUT2D eigenvalue weighted by atomic mass is 9.94. The zero-order valence-electron chi connectivity index (χ0n) is 21.5. The Morgan fingerprint density at radius 1 is 0.919 bits per heavy atom. The predicted molar refractivity (Wildman–Crippen MR) is 144 cm³/mol. The molecule has 0 saturated heterocycles. The number of aliphatic hydroxyl groups excluding tert-OH is 1. The van der Waals surface area contributed by atoms with Crippen molar-refractivity contribution < 1.29 is 32.1 Å². The van der Waals surface area contributed by atoms with Crippen molar-refractivity contribution in [1.29, 1.82) is 0 Å². The number of methoxy groups -OCH3 is 1. The van der Waals surface area contributed by atoms with Crippen LogP contribution in [-0.2, 0) is 23.4 Å². The van der Waals surface area contributed by atoms with Crippen LogP contribution in [0.25, 0.3) is 0 Å². The summed E-state index contributed by atoms with van der Waals surface area (Å²) in [5, 5.41) is 14.2. The number of hydrogen-bond donors (Lipinski definition) is 4. The summed E-state index contributed by atoms with van der Waals surface area (Å²) in [6.07, 6.45) is 2.46. The topological polar surface area (TPSA) is 125 Å². The largest absolute Gasteiger partial charge is 0.496 e. The number of benzene rings is 3. The van der Waals surface area contributed by atoms with Gasteiger partial charge in [0.25, 0.3) is 0 Å². The first kappa shape index (κ1) is 30.3. The fraction of sp³-hybridized carbons (Fsp3) is 0.357. The summed E-state index contributed by atoms with van der Waals surface area (Å²) >= 11 is 0. The Labute approximate surface area is 219 Å². The highest BCUT2D eigenvalue weighted by Crippen LogP contribution is 2.23. The maximum atomic E-state index is 10.6. The van der Waals surface area contributed by atoms with Crippen molar-refractivity contribution in [3.05, 3.63) is 95.6 Å². The second-order valence-corrected chi connectivity index (χ2v) is 10.1. The molecule has 8 nitrogen and oxygen atoms in total. The van der Waals surface area contributed by atoms with E-state index in [1.807, 2.05) is 66.7 Å². The highest BCUT2D eigenvalue weighted by atomic mass is 32.3. The molecule has 0 aliphatic carbocycles. The standard InChI is InChI=1S/C28H35NO3.H2O4S/c1-28(2,19-9-13-24-12-7-8-14-27(24)31-3)29-20-26(30)23-15-17-25(18-16-23)32-21-22-10-5-4-6-11-22;1-5(2,3)4/h4-8,10-12,14-18,26,29-30H,9,13,19-21H2,1-3H3;(H2,1,2,3,4). The van der Waals surface area contributed by atoms with E-state index in [1.165, 1.54) is 5.56 Å². The molecule has 3 rings (SSSR count). The number of aryl methyl sites for hydroxylation is 1. The number of aliphatic hydroxyl groups is 1. The highest BCUT2D eigenvalue weighted by Gasteiger charge is 2.19. The summed E-state index contributed by atoms with van der Waals surface area (Å²) in [5.41, 5.74) is 3.19. The van der Waals surface area contributed by atoms with Crippen LogP contribution in [0.3, 0.4) is 0 Å². The van der Waals surface area contributed by atoms with Crippen LogP contribution in [-0.4, -0.2) is 41.8 Å². The van der Waals surface area contributed by atoms with Crippen LogP contribution in [0, 0.1) is 0 Å². The van der Waals surface area contributed by atoms with Crippen molar-refractivity contribution in [3.63, 3.8) is 0 Å². The van der Waals surface area contributed by atoms with Gasteiger partial charge in [-0.1, -0.05) is 60.7 Å². The van der Waals surface area contributed by atoms with Crippen molar-refractivity contribution in [2.45, 2.75) is 51.4 Å². The third-order valence-electron chi connectivity index (χ3n) is 5.73. The minimum atomic E-state index is -4.67. The van der Waals surface area contributed by atoms with Gasteiger partial charge in [-0.05, 0) is 68.0 Å². The van der Waals surface area contributed by atoms with Gasteiger partial charge in [0.2, 0.25) is 0 Å². The zero-order chi connectivity index (χ0) is 27.3. The summed E-state index contributed by atoms with van der Waals surface area (Å²) in [6.45, 7) is 5.41. The van der Waals surface area contributed by atoms with Crippen molar-refractivity contribution >= 4 is 10.4 Å². The molecule has 0 fully saturated rings. The molecule has 0 heterocycles. The molecule has 1 atom stereocenters. The molecule has 0 amide bonds. The Morgan fingerprint density at radius 2 is 1.51 bits per heavy atom. The fourth-order valence-electron chi connectivity index (χ4n) is 3.74. The van der Waals surface area contributed by atoms with Gasteiger partial charge in [0.1, 0.15) is 18.1 Å². The molecule has 0 radical (unpaired) electrons. The predicted octanol–water partition coefficient (Wildman–Crippen LogP) is 5.05. The van der Waals surface area contributed by atoms with E-state index in [0.29, 0.717) is 13.2 Å². The third-order valence-corrected chi connectivity index (χ3v) is 5.73. The first-order chi connectivity index (χ1) is 17.5. The first-order valence-corrected chi connectivity index (χ1v) is 13.4. The molecule has 3 aromatic rings. The van der Waals surface area contributed by atoms with E-state index in [4.69, 9.17) is 27.0 Å². The van der Waals surface area contributed by atoms with E-state index in [-0.39, 0.29) is 5.54 Å². The van der Waals surface area contributed by atoms with Gasteiger partial charge in [0.15, 0.2) is 0 Å². The lowest BCUT2D eigenvalue weighted by Crippen LogP contribution is -2.41. The van der Waals surface area contributed by atoms with Gasteiger partial charge >= 0.3 is 10.4 Å². The smallest absolute Gasteiger partial charge is 0.394 e. The highest BCUT2D eigenvalue weighted by molar-refractivity contribution is 7.79. The van der Waals surface area contributed by atoms with E-state index >= 15 is 0 Å². The molecule has 4 N–H and O–H groups in total. The van der Waals surface area contributed by atoms with E-state index in [1.54, 1.807) is 7.11 Å². The molecule has 0 aliphatic rings. The third kappa shape index (κ3) is 12.7. The van der Waals surface area contributed by atoms with Gasteiger partial charge in [-0.2, -0.15) is 8.42 Å². The van der Waals surface area contributed by atoms with Crippen LogP contribution >= 0.6 is 0 Å². The quantitative estimate of drug-likeness (QED) is 0.239. The minimum absolute atomic E-state index is 0.0677. The lowest BCUT2D eigenvalue weighted by Gasteiger charge is -2.28. The summed E-state index contributed by atoms with van der Waals surface area (Å²) in [6, 6.07) is 26.0. The van der Waals surface area contributed by atoms with Crippen LogP contribution in [0.5, 0.6) is 11.5 Å². The number of β-amino-alcohol motifs (C(OH)–C–C–N with tert-alkyl or cyclic N) is 1. The molecule has 0 bridgehead atoms. The Balaban J connectivity index is 0.000000877. The van der Waals surface area contributed by atoms with Gasteiger partial charge in [0, 0.05) is 12.1 Å². The second kappa shape index (κ2) is 14.7. The molecule has 37 heavy (non-hydrogen) atoms. The normalized spacial score (nSPS) is 12.3. The summed E-state index contributed by atoms with van der Waals surface area (Å²) in [5.74, 6) is 1.75. The van der Waals surface area contributed by atoms with E-state index in [0.717, 1.165) is 41.9 Å². The molecule has 3 aromatic carbocycles. The van der Waals surface area contributed by atoms with Gasteiger partial charge in [-0.3, -0.25) is 9.11 Å². The maximum Gasteiger partial charge on any atom is 0.394 e. The average Bonchev–Trinajstić information content (AvgIpc) is 2.86. The molecule has 202 valence electrons. The Hall–Kier alpha value is -2.95. The number of rotatable bonds is 12. The molecule has 0 aromatic heterocycles. The Kier molecular flexibility index (Phi) is 12.0. The summed E-state index contributed by atoms with van der Waals surface area (Å²) in [7, 11) is -2.95. The van der Waals surface area contributed by atoms with Crippen molar-refractivity contribution in [3.8, 4) is 11.5 Å². The van der Waals surface area contributed by atoms with Crippen LogP contribution in [0.2, 0.25) is 0 Å². The fourth-order valence-corrected chi connectivity index (χ4v) is 3.74. The van der Waals surface area contributed by atoms with Crippen LogP contribution in [0.15, 0.2) is 78.9 Å². The van der Waals surface area contributed by atoms with Crippen LogP contribution in [0.1, 0.15) is 49.5 Å². The lowest BCUT2D eigenvalue weighted by molar-refractivity contribution is 0.158. The number of ether oxygens (including phenoxy) is 2. The molecular formula is C28H37NO7S. The second-order valence-electron chi connectivity index (χ2n) is 9.24. The Bertz CT molecular complexity index is 1160. The van der Waals surface area contributed by atoms with Crippen molar-refractivity contribution in [1.82, 2.24) is 5.32 Å². The zero-order valence-corrected chi connectivity index (χ0v) is 22.3. The van der Waals surface area contributed by atoms with E-state index in [9.17, 15) is 5.11 Å². The average molecular weight is 532 g/mol. The minimum Gasteiger partial charge on any atom is -0.496 e. The van der Waals surface area contributed by atoms with Crippen molar-refractivity contribution in [2.24, 2.45) is 0 Å². The van der Waals surface area contributed by atoms with Gasteiger partial charge in [-0.15, -0.1) is 0 Å². The SMILES string of the molecule is COc1ccccc1CCCC(C)(C)NCC(O)c1ccc(OCc2ccccc2)cc1.O=S(=O)(O)O. The molecule has 0 aliphatic heterocycles. The molecule has 9 heteroatoms. The van der Waals surface area contributed by atoms with Gasteiger partial charge < -0.3 is 19.9 Å². The van der Waals surface area contributed by atoms with Gasteiger partial charge in [0.05, 0.1) is 13.2 Å². The summed E-state index contributed by atoms with van der Waals surface area (Å²) in [4.78, 5) is 0. The number of hydrogen-bond acceptors (Lipinski definition) is 6. The maximum absolute atomic E-state index is 10.6. The van der Waals surface area contributed by atoms with E-state index < -0.39 is 16.5 Å². The van der Waals surface area contributed by atoms with E-state index in [2.05, 4.69) is 31.3 Å². The molecular weight excluding hydrogens is 494 g/mol. The number of para-hydroxylation sites is 1. The Morgan fingerprint density at radius 3 is 2.14 bits per heavy atom. The van der Waals surface area contributed by atoms with Crippen LogP contribution < -0.4 is 14.8 Å². The molecule has 1 unspecified atom stereocenters. The molecule has 0 saturated carbocycles. The monoisotopic (exact) mass is 531 g/mol.